The smallest absolute Gasteiger partial charge is 0.234 e. The average molecular weight is 301 g/mol. The second-order valence-corrected chi connectivity index (χ2v) is 4.28. The van der Waals surface area contributed by atoms with Crippen LogP contribution in [0.3, 0.4) is 0 Å². The molecule has 14 heavy (non-hydrogen) atoms. The van der Waals surface area contributed by atoms with Crippen molar-refractivity contribution in [2.24, 2.45) is 0 Å². The van der Waals surface area contributed by atoms with Gasteiger partial charge in [0.05, 0.1) is 4.43 Å². The molecule has 0 atom stereocenters. The molecule has 74 valence electrons. The van der Waals surface area contributed by atoms with Gasteiger partial charge in [0.15, 0.2) is 0 Å². The number of fused-ring (bicyclic) bond motifs is 1. The van der Waals surface area contributed by atoms with Crippen LogP contribution in [0.25, 0.3) is 0 Å². The standard InChI is InChI=1S/C11H12INO/c12-7-11(14)13-10-5-4-8-2-1-3-9(8)6-10/h4-6H,1-3,7H2,(H,13,14). The van der Waals surface area contributed by atoms with E-state index in [1.165, 1.54) is 24.0 Å². The molecule has 0 aromatic heterocycles. The van der Waals surface area contributed by atoms with E-state index in [2.05, 4.69) is 40.0 Å². The van der Waals surface area contributed by atoms with Crippen molar-refractivity contribution in [3.8, 4) is 0 Å². The highest BCUT2D eigenvalue weighted by atomic mass is 127. The molecule has 0 saturated carbocycles. The Morgan fingerprint density at radius 2 is 2.14 bits per heavy atom. The van der Waals surface area contributed by atoms with E-state index in [9.17, 15) is 4.79 Å². The number of anilines is 1. The molecular weight excluding hydrogens is 289 g/mol. The quantitative estimate of drug-likeness (QED) is 0.660. The molecule has 1 amide bonds. The SMILES string of the molecule is O=C(CI)Nc1ccc2c(c1)CCC2. The van der Waals surface area contributed by atoms with Crippen molar-refractivity contribution < 1.29 is 4.79 Å². The second kappa shape index (κ2) is 4.29. The number of rotatable bonds is 2. The molecule has 2 rings (SSSR count). The molecule has 0 aliphatic heterocycles. The summed E-state index contributed by atoms with van der Waals surface area (Å²) in [7, 11) is 0. The molecule has 3 heteroatoms. The van der Waals surface area contributed by atoms with Gasteiger partial charge in [0.25, 0.3) is 0 Å². The minimum absolute atomic E-state index is 0.0727. The van der Waals surface area contributed by atoms with Gasteiger partial charge in [-0.25, -0.2) is 0 Å². The first-order valence-electron chi connectivity index (χ1n) is 4.77. The van der Waals surface area contributed by atoms with Crippen LogP contribution in [0.15, 0.2) is 18.2 Å². The molecule has 0 spiro atoms. The zero-order chi connectivity index (χ0) is 9.97. The lowest BCUT2D eigenvalue weighted by atomic mass is 10.1. The number of amides is 1. The lowest BCUT2D eigenvalue weighted by Gasteiger charge is -2.05. The van der Waals surface area contributed by atoms with E-state index in [0.29, 0.717) is 4.43 Å². The predicted octanol–water partition coefficient (Wildman–Crippen LogP) is 2.55. The van der Waals surface area contributed by atoms with Crippen molar-refractivity contribution >= 4 is 34.2 Å². The molecule has 1 aliphatic rings. The first kappa shape index (κ1) is 9.96. The molecule has 0 fully saturated rings. The number of hydrogen-bond acceptors (Lipinski definition) is 1. The molecule has 0 bridgehead atoms. The van der Waals surface area contributed by atoms with Crippen molar-refractivity contribution in [2.75, 3.05) is 9.74 Å². The van der Waals surface area contributed by atoms with Crippen LogP contribution in [0.4, 0.5) is 5.69 Å². The van der Waals surface area contributed by atoms with Gasteiger partial charge in [0, 0.05) is 5.69 Å². The van der Waals surface area contributed by atoms with Crippen molar-refractivity contribution in [1.82, 2.24) is 0 Å². The summed E-state index contributed by atoms with van der Waals surface area (Å²) in [5, 5.41) is 2.87. The number of carbonyl (C=O) groups excluding carboxylic acids is 1. The summed E-state index contributed by atoms with van der Waals surface area (Å²) in [4.78, 5) is 11.2. The fourth-order valence-electron chi connectivity index (χ4n) is 1.84. The Kier molecular flexibility index (Phi) is 3.05. The summed E-state index contributed by atoms with van der Waals surface area (Å²) in [6.45, 7) is 0. The lowest BCUT2D eigenvalue weighted by Crippen LogP contribution is -2.12. The van der Waals surface area contributed by atoms with Crippen LogP contribution >= 0.6 is 22.6 Å². The number of alkyl halides is 1. The molecule has 2 nitrogen and oxygen atoms in total. The largest absolute Gasteiger partial charge is 0.325 e. The number of nitrogens with one attached hydrogen (secondary N) is 1. The number of benzene rings is 1. The Morgan fingerprint density at radius 1 is 1.36 bits per heavy atom. The lowest BCUT2D eigenvalue weighted by molar-refractivity contribution is -0.113. The molecule has 0 heterocycles. The van der Waals surface area contributed by atoms with E-state index in [-0.39, 0.29) is 5.91 Å². The minimum atomic E-state index is 0.0727. The van der Waals surface area contributed by atoms with Crippen molar-refractivity contribution in [3.05, 3.63) is 29.3 Å². The molecule has 0 saturated heterocycles. The third kappa shape index (κ3) is 2.08. The van der Waals surface area contributed by atoms with Gasteiger partial charge in [0.2, 0.25) is 5.91 Å². The maximum Gasteiger partial charge on any atom is 0.234 e. The van der Waals surface area contributed by atoms with E-state index in [4.69, 9.17) is 0 Å². The Hall–Kier alpha value is -0.580. The Morgan fingerprint density at radius 3 is 2.93 bits per heavy atom. The van der Waals surface area contributed by atoms with Crippen LogP contribution in [0.2, 0.25) is 0 Å². The van der Waals surface area contributed by atoms with Gasteiger partial charge >= 0.3 is 0 Å². The van der Waals surface area contributed by atoms with Gasteiger partial charge in [-0.05, 0) is 42.5 Å². The summed E-state index contributed by atoms with van der Waals surface area (Å²) >= 11 is 2.07. The van der Waals surface area contributed by atoms with Crippen molar-refractivity contribution in [3.63, 3.8) is 0 Å². The van der Waals surface area contributed by atoms with E-state index >= 15 is 0 Å². The van der Waals surface area contributed by atoms with Crippen molar-refractivity contribution in [1.29, 1.82) is 0 Å². The normalized spacial score (nSPS) is 13.8. The highest BCUT2D eigenvalue weighted by Gasteiger charge is 2.11. The number of hydrogen-bond donors (Lipinski definition) is 1. The zero-order valence-corrected chi connectivity index (χ0v) is 10.0. The molecule has 0 unspecified atom stereocenters. The van der Waals surface area contributed by atoms with Gasteiger partial charge in [-0.15, -0.1) is 0 Å². The van der Waals surface area contributed by atoms with Gasteiger partial charge < -0.3 is 5.32 Å². The number of halogens is 1. The molecule has 1 N–H and O–H groups in total. The maximum absolute atomic E-state index is 11.2. The summed E-state index contributed by atoms with van der Waals surface area (Å²) in [6, 6.07) is 6.23. The Bertz CT molecular complexity index is 362. The first-order valence-corrected chi connectivity index (χ1v) is 6.30. The summed E-state index contributed by atoms with van der Waals surface area (Å²) in [5.41, 5.74) is 3.78. The van der Waals surface area contributed by atoms with Crippen molar-refractivity contribution in [2.45, 2.75) is 19.3 Å². The summed E-state index contributed by atoms with van der Waals surface area (Å²) in [6.07, 6.45) is 3.60. The van der Waals surface area contributed by atoms with E-state index in [1.54, 1.807) is 0 Å². The molecule has 1 aromatic carbocycles. The molecule has 0 radical (unpaired) electrons. The maximum atomic E-state index is 11.2. The van der Waals surface area contributed by atoms with E-state index in [0.717, 1.165) is 12.1 Å². The number of carbonyl (C=O) groups is 1. The Labute approximate surface area is 97.2 Å². The van der Waals surface area contributed by atoms with Crippen LogP contribution < -0.4 is 5.32 Å². The van der Waals surface area contributed by atoms with Gasteiger partial charge in [-0.3, -0.25) is 4.79 Å². The van der Waals surface area contributed by atoms with E-state index in [1.807, 2.05) is 6.07 Å². The van der Waals surface area contributed by atoms with E-state index < -0.39 is 0 Å². The van der Waals surface area contributed by atoms with Gasteiger partial charge in [-0.1, -0.05) is 28.7 Å². The molecular formula is C11H12INO. The minimum Gasteiger partial charge on any atom is -0.325 e. The Balaban J connectivity index is 2.16. The zero-order valence-electron chi connectivity index (χ0n) is 7.85. The monoisotopic (exact) mass is 301 g/mol. The fraction of sp³-hybridized carbons (Fsp3) is 0.364. The molecule has 1 aromatic rings. The van der Waals surface area contributed by atoms with Gasteiger partial charge in [0.1, 0.15) is 0 Å². The third-order valence-electron chi connectivity index (χ3n) is 2.50. The van der Waals surface area contributed by atoms with Crippen LogP contribution in [0.1, 0.15) is 17.5 Å². The fourth-order valence-corrected chi connectivity index (χ4v) is 2.03. The summed E-state index contributed by atoms with van der Waals surface area (Å²) < 4.78 is 0.509. The van der Waals surface area contributed by atoms with Gasteiger partial charge in [-0.2, -0.15) is 0 Å². The van der Waals surface area contributed by atoms with Crippen LogP contribution in [0.5, 0.6) is 0 Å². The molecule has 1 aliphatic carbocycles. The third-order valence-corrected chi connectivity index (χ3v) is 3.20. The average Bonchev–Trinajstić information content (AvgIpc) is 2.64. The van der Waals surface area contributed by atoms with Crippen LogP contribution in [0, 0.1) is 0 Å². The first-order chi connectivity index (χ1) is 6.79. The van der Waals surface area contributed by atoms with Crippen LogP contribution in [-0.2, 0) is 17.6 Å². The highest BCUT2D eigenvalue weighted by molar-refractivity contribution is 14.1. The second-order valence-electron chi connectivity index (χ2n) is 3.52. The number of aryl methyl sites for hydroxylation is 2. The predicted molar refractivity (Wildman–Crippen MR) is 66.0 cm³/mol. The van der Waals surface area contributed by atoms with Crippen LogP contribution in [-0.4, -0.2) is 10.3 Å². The summed E-state index contributed by atoms with van der Waals surface area (Å²) in [5.74, 6) is 0.0727. The topological polar surface area (TPSA) is 29.1 Å². The highest BCUT2D eigenvalue weighted by Crippen LogP contribution is 2.24.